The summed E-state index contributed by atoms with van der Waals surface area (Å²) in [6.45, 7) is 0.429. The van der Waals surface area contributed by atoms with E-state index in [1.54, 1.807) is 30.3 Å². The number of benzene rings is 1. The quantitative estimate of drug-likeness (QED) is 0.626. The lowest BCUT2D eigenvalue weighted by Crippen LogP contribution is -2.37. The lowest BCUT2D eigenvalue weighted by molar-refractivity contribution is 0.0694. The summed E-state index contributed by atoms with van der Waals surface area (Å²) in [6, 6.07) is 9.56. The molecule has 1 aliphatic carbocycles. The van der Waals surface area contributed by atoms with Crippen LogP contribution in [-0.2, 0) is 21.5 Å². The van der Waals surface area contributed by atoms with Gasteiger partial charge in [0.1, 0.15) is 6.73 Å². The van der Waals surface area contributed by atoms with Crippen LogP contribution in [0.4, 0.5) is 0 Å². The number of H-pyrrole nitrogens is 1. The number of nitrogens with zero attached hydrogens (tertiary/aromatic N) is 1. The number of rotatable bonds is 9. The zero-order valence-corrected chi connectivity index (χ0v) is 15.0. The fourth-order valence-corrected chi connectivity index (χ4v) is 4.23. The van der Waals surface area contributed by atoms with Gasteiger partial charge in [-0.1, -0.05) is 18.2 Å². The Morgan fingerprint density at radius 2 is 1.88 bits per heavy atom. The average molecular weight is 379 g/mol. The number of aromatic nitrogens is 2. The molecule has 0 atom stereocenters. The number of sulfonamides is 1. The van der Waals surface area contributed by atoms with Gasteiger partial charge in [-0.25, -0.2) is 17.9 Å². The second-order valence-electron chi connectivity index (χ2n) is 6.42. The van der Waals surface area contributed by atoms with Crippen molar-refractivity contribution in [2.75, 3.05) is 6.61 Å². The molecule has 2 N–H and O–H groups in total. The first kappa shape index (κ1) is 18.6. The highest BCUT2D eigenvalue weighted by molar-refractivity contribution is 7.89. The highest BCUT2D eigenvalue weighted by Gasteiger charge is 2.45. The standard InChI is InChI=1S/C17H21N3O5S/c21-15-7-11-20(16(22)18-15)13-25-12-4-8-17(9-10-17)19-26(23,24)14-5-2-1-3-6-14/h1-3,5-7,11,19H,4,8-10,12-13H2,(H,18,21,22). The van der Waals surface area contributed by atoms with Crippen LogP contribution in [0.3, 0.4) is 0 Å². The van der Waals surface area contributed by atoms with Crippen LogP contribution in [0.1, 0.15) is 25.7 Å². The molecule has 8 nitrogen and oxygen atoms in total. The third-order valence-electron chi connectivity index (χ3n) is 4.33. The maximum atomic E-state index is 12.4. The third-order valence-corrected chi connectivity index (χ3v) is 5.92. The van der Waals surface area contributed by atoms with Gasteiger partial charge in [-0.2, -0.15) is 0 Å². The molecule has 1 saturated carbocycles. The summed E-state index contributed by atoms with van der Waals surface area (Å²) in [6.07, 6.45) is 4.31. The number of hydrogen-bond donors (Lipinski definition) is 2. The second kappa shape index (κ2) is 7.56. The van der Waals surface area contributed by atoms with E-state index in [0.717, 1.165) is 12.8 Å². The molecule has 0 saturated heterocycles. The summed E-state index contributed by atoms with van der Waals surface area (Å²) in [5.41, 5.74) is -1.37. The highest BCUT2D eigenvalue weighted by Crippen LogP contribution is 2.41. The minimum atomic E-state index is -3.52. The zero-order chi connectivity index (χ0) is 18.6. The van der Waals surface area contributed by atoms with E-state index in [-0.39, 0.29) is 11.6 Å². The molecule has 1 aromatic heterocycles. The topological polar surface area (TPSA) is 110 Å². The van der Waals surface area contributed by atoms with Crippen molar-refractivity contribution in [2.24, 2.45) is 0 Å². The van der Waals surface area contributed by atoms with E-state index in [9.17, 15) is 18.0 Å². The van der Waals surface area contributed by atoms with Gasteiger partial charge in [0.25, 0.3) is 5.56 Å². The Hall–Kier alpha value is -2.23. The molecular weight excluding hydrogens is 358 g/mol. The molecule has 0 unspecified atom stereocenters. The van der Waals surface area contributed by atoms with Gasteiger partial charge >= 0.3 is 5.69 Å². The minimum Gasteiger partial charge on any atom is -0.361 e. The van der Waals surface area contributed by atoms with Gasteiger partial charge in [0, 0.05) is 24.4 Å². The van der Waals surface area contributed by atoms with Crippen LogP contribution in [0.25, 0.3) is 0 Å². The van der Waals surface area contributed by atoms with Crippen LogP contribution in [0.15, 0.2) is 57.1 Å². The van der Waals surface area contributed by atoms with E-state index in [1.807, 2.05) is 0 Å². The van der Waals surface area contributed by atoms with E-state index in [1.165, 1.54) is 16.8 Å². The summed E-state index contributed by atoms with van der Waals surface area (Å²) in [4.78, 5) is 24.9. The lowest BCUT2D eigenvalue weighted by atomic mass is 10.1. The molecule has 0 amide bonds. The van der Waals surface area contributed by atoms with Crippen molar-refractivity contribution in [2.45, 2.75) is 42.8 Å². The van der Waals surface area contributed by atoms with Crippen LogP contribution >= 0.6 is 0 Å². The maximum Gasteiger partial charge on any atom is 0.330 e. The number of aromatic amines is 1. The van der Waals surface area contributed by atoms with Gasteiger partial charge < -0.3 is 4.74 Å². The van der Waals surface area contributed by atoms with Crippen molar-refractivity contribution in [1.82, 2.24) is 14.3 Å². The summed E-state index contributed by atoms with van der Waals surface area (Å²) in [5.74, 6) is 0. The Kier molecular flexibility index (Phi) is 5.40. The molecule has 140 valence electrons. The Morgan fingerprint density at radius 1 is 1.15 bits per heavy atom. The molecule has 0 radical (unpaired) electrons. The lowest BCUT2D eigenvalue weighted by Gasteiger charge is -2.17. The van der Waals surface area contributed by atoms with Gasteiger partial charge in [0.15, 0.2) is 0 Å². The maximum absolute atomic E-state index is 12.4. The van der Waals surface area contributed by atoms with Crippen molar-refractivity contribution < 1.29 is 13.2 Å². The summed E-state index contributed by atoms with van der Waals surface area (Å²) in [5, 5.41) is 0. The molecule has 0 bridgehead atoms. The van der Waals surface area contributed by atoms with Crippen molar-refractivity contribution in [1.29, 1.82) is 0 Å². The molecule has 3 rings (SSSR count). The molecule has 1 heterocycles. The smallest absolute Gasteiger partial charge is 0.330 e. The van der Waals surface area contributed by atoms with Gasteiger partial charge in [0.05, 0.1) is 4.90 Å². The normalized spacial score (nSPS) is 15.7. The minimum absolute atomic E-state index is 0.0400. The first-order valence-corrected chi connectivity index (χ1v) is 9.85. The van der Waals surface area contributed by atoms with Crippen molar-refractivity contribution >= 4 is 10.0 Å². The van der Waals surface area contributed by atoms with E-state index in [2.05, 4.69) is 9.71 Å². The fourth-order valence-electron chi connectivity index (χ4n) is 2.72. The number of nitrogens with one attached hydrogen (secondary N) is 2. The Labute approximate surface area is 150 Å². The summed E-state index contributed by atoms with van der Waals surface area (Å²) in [7, 11) is -3.52. The van der Waals surface area contributed by atoms with E-state index >= 15 is 0 Å². The van der Waals surface area contributed by atoms with E-state index in [4.69, 9.17) is 4.74 Å². The van der Waals surface area contributed by atoms with Crippen LogP contribution in [0.2, 0.25) is 0 Å². The van der Waals surface area contributed by atoms with Crippen LogP contribution in [0, 0.1) is 0 Å². The molecule has 9 heteroatoms. The second-order valence-corrected chi connectivity index (χ2v) is 8.10. The molecule has 1 aromatic carbocycles. The summed E-state index contributed by atoms with van der Waals surface area (Å²) < 4.78 is 34.3. The van der Waals surface area contributed by atoms with Crippen LogP contribution in [-0.4, -0.2) is 30.1 Å². The van der Waals surface area contributed by atoms with Crippen LogP contribution < -0.4 is 16.0 Å². The largest absolute Gasteiger partial charge is 0.361 e. The monoisotopic (exact) mass is 379 g/mol. The van der Waals surface area contributed by atoms with Crippen molar-refractivity contribution in [3.05, 3.63) is 63.4 Å². The van der Waals surface area contributed by atoms with Gasteiger partial charge in [-0.05, 0) is 37.8 Å². The third kappa shape index (κ3) is 4.69. The highest BCUT2D eigenvalue weighted by atomic mass is 32.2. The molecule has 1 aliphatic rings. The number of hydrogen-bond acceptors (Lipinski definition) is 5. The van der Waals surface area contributed by atoms with Gasteiger partial charge in [-0.15, -0.1) is 0 Å². The van der Waals surface area contributed by atoms with Crippen LogP contribution in [0.5, 0.6) is 0 Å². The Morgan fingerprint density at radius 3 is 2.54 bits per heavy atom. The zero-order valence-electron chi connectivity index (χ0n) is 14.2. The first-order valence-electron chi connectivity index (χ1n) is 8.37. The molecule has 2 aromatic rings. The molecule has 0 aliphatic heterocycles. The molecular formula is C17H21N3O5S. The first-order chi connectivity index (χ1) is 12.4. The van der Waals surface area contributed by atoms with Gasteiger partial charge in [0.2, 0.25) is 10.0 Å². The fraction of sp³-hybridized carbons (Fsp3) is 0.412. The predicted octanol–water partition coefficient (Wildman–Crippen LogP) is 0.802. The predicted molar refractivity (Wildman–Crippen MR) is 95.2 cm³/mol. The molecule has 26 heavy (non-hydrogen) atoms. The molecule has 0 spiro atoms. The molecule has 1 fully saturated rings. The summed E-state index contributed by atoms with van der Waals surface area (Å²) >= 11 is 0. The van der Waals surface area contributed by atoms with E-state index in [0.29, 0.717) is 19.4 Å². The van der Waals surface area contributed by atoms with Crippen molar-refractivity contribution in [3.63, 3.8) is 0 Å². The Balaban J connectivity index is 1.46. The van der Waals surface area contributed by atoms with Gasteiger partial charge in [-0.3, -0.25) is 14.3 Å². The average Bonchev–Trinajstić information content (AvgIpc) is 3.36. The Bertz CT molecular complexity index is 962. The number of ether oxygens (including phenoxy) is 1. The SMILES string of the molecule is O=c1ccn(COCCCC2(NS(=O)(=O)c3ccccc3)CC2)c(=O)[nH]1. The van der Waals surface area contributed by atoms with Crippen molar-refractivity contribution in [3.8, 4) is 0 Å². The van der Waals surface area contributed by atoms with E-state index < -0.39 is 26.8 Å².